The molecule has 1 atom stereocenters. The van der Waals surface area contributed by atoms with E-state index in [2.05, 4.69) is 20.5 Å². The third-order valence-electron chi connectivity index (χ3n) is 4.78. The minimum atomic E-state index is -0.213. The fourth-order valence-corrected chi connectivity index (χ4v) is 4.93. The highest BCUT2D eigenvalue weighted by atomic mass is 32.2. The van der Waals surface area contributed by atoms with Gasteiger partial charge in [-0.3, -0.25) is 19.8 Å². The van der Waals surface area contributed by atoms with Gasteiger partial charge in [-0.15, -0.1) is 23.1 Å². The molecule has 8 heteroatoms. The minimum Gasteiger partial charge on any atom is -0.324 e. The molecule has 1 saturated heterocycles. The Bertz CT molecular complexity index is 861. The lowest BCUT2D eigenvalue weighted by molar-refractivity contribution is -0.115. The van der Waals surface area contributed by atoms with Crippen LogP contribution >= 0.6 is 23.1 Å². The van der Waals surface area contributed by atoms with Crippen LogP contribution in [-0.4, -0.2) is 40.0 Å². The molecule has 1 aromatic heterocycles. The summed E-state index contributed by atoms with van der Waals surface area (Å²) in [5.74, 6) is -0.248. The lowest BCUT2D eigenvalue weighted by Gasteiger charge is -2.25. The van der Waals surface area contributed by atoms with E-state index >= 15 is 0 Å². The number of thioether (sulfide) groups is 1. The van der Waals surface area contributed by atoms with Crippen molar-refractivity contribution >= 4 is 45.7 Å². The van der Waals surface area contributed by atoms with Crippen molar-refractivity contribution in [2.75, 3.05) is 23.7 Å². The van der Waals surface area contributed by atoms with E-state index < -0.39 is 0 Å². The number of nitrogens with one attached hydrogen (secondary N) is 2. The van der Waals surface area contributed by atoms with Crippen LogP contribution in [-0.2, 0) is 11.3 Å². The second-order valence-electron chi connectivity index (χ2n) is 6.90. The number of benzene rings is 1. The van der Waals surface area contributed by atoms with E-state index in [1.165, 1.54) is 42.4 Å². The van der Waals surface area contributed by atoms with Gasteiger partial charge in [-0.25, -0.2) is 4.98 Å². The maximum Gasteiger partial charge on any atom is 0.257 e. The summed E-state index contributed by atoms with van der Waals surface area (Å²) in [6, 6.07) is 5.39. The molecule has 2 N–H and O–H groups in total. The third-order valence-corrected chi connectivity index (χ3v) is 6.76. The second kappa shape index (κ2) is 8.00. The molecule has 2 aliphatic rings. The molecule has 2 aromatic rings. The van der Waals surface area contributed by atoms with E-state index in [1.807, 2.05) is 18.4 Å². The van der Waals surface area contributed by atoms with Crippen molar-refractivity contribution in [2.24, 2.45) is 0 Å². The van der Waals surface area contributed by atoms with Crippen LogP contribution in [0, 0.1) is 0 Å². The number of anilines is 2. The molecular formula is C19H22N4O2S2. The highest BCUT2D eigenvalue weighted by Crippen LogP contribution is 2.36. The number of fused-ring (bicyclic) bond motifs is 1. The number of rotatable bonds is 4. The normalized spacial score (nSPS) is 20.0. The molecule has 3 heterocycles. The summed E-state index contributed by atoms with van der Waals surface area (Å²) in [5.41, 5.74) is 2.21. The van der Waals surface area contributed by atoms with Crippen molar-refractivity contribution in [3.63, 3.8) is 0 Å². The highest BCUT2D eigenvalue weighted by molar-refractivity contribution is 8.00. The molecule has 1 unspecified atom stereocenters. The first-order valence-corrected chi connectivity index (χ1v) is 10.9. The lowest BCUT2D eigenvalue weighted by atomic mass is 10.1. The third kappa shape index (κ3) is 4.34. The van der Waals surface area contributed by atoms with Crippen molar-refractivity contribution in [2.45, 2.75) is 42.9 Å². The molecule has 0 spiro atoms. The fourth-order valence-electron chi connectivity index (χ4n) is 3.30. The van der Waals surface area contributed by atoms with Gasteiger partial charge in [-0.05, 0) is 51.1 Å². The zero-order valence-corrected chi connectivity index (χ0v) is 16.8. The van der Waals surface area contributed by atoms with Gasteiger partial charge in [-0.1, -0.05) is 6.42 Å². The van der Waals surface area contributed by atoms with Gasteiger partial charge < -0.3 is 5.32 Å². The van der Waals surface area contributed by atoms with Gasteiger partial charge in [-0.2, -0.15) is 0 Å². The molecule has 6 nitrogen and oxygen atoms in total. The summed E-state index contributed by atoms with van der Waals surface area (Å²) in [6.45, 7) is 4.95. The number of aromatic nitrogens is 1. The van der Waals surface area contributed by atoms with E-state index in [0.29, 0.717) is 16.4 Å². The van der Waals surface area contributed by atoms with Crippen LogP contribution in [0.5, 0.6) is 0 Å². The molecule has 2 aliphatic heterocycles. The number of likely N-dealkylation sites (tertiary alicyclic amines) is 1. The van der Waals surface area contributed by atoms with Crippen molar-refractivity contribution in [1.82, 2.24) is 9.88 Å². The van der Waals surface area contributed by atoms with Crippen LogP contribution in [0.2, 0.25) is 0 Å². The van der Waals surface area contributed by atoms with Crippen LogP contribution in [0.4, 0.5) is 10.8 Å². The summed E-state index contributed by atoms with van der Waals surface area (Å²) < 4.78 is 0. The number of carbonyl (C=O) groups excluding carboxylic acids is 2. The highest BCUT2D eigenvalue weighted by Gasteiger charge is 2.24. The Morgan fingerprint density at radius 1 is 1.33 bits per heavy atom. The summed E-state index contributed by atoms with van der Waals surface area (Å²) in [7, 11) is 0. The predicted molar refractivity (Wildman–Crippen MR) is 110 cm³/mol. The first-order valence-electron chi connectivity index (χ1n) is 9.18. The van der Waals surface area contributed by atoms with Gasteiger partial charge in [0.1, 0.15) is 0 Å². The van der Waals surface area contributed by atoms with Gasteiger partial charge in [0, 0.05) is 22.4 Å². The van der Waals surface area contributed by atoms with E-state index in [1.54, 1.807) is 12.1 Å². The van der Waals surface area contributed by atoms with Crippen molar-refractivity contribution in [1.29, 1.82) is 0 Å². The van der Waals surface area contributed by atoms with Crippen LogP contribution in [0.3, 0.4) is 0 Å². The van der Waals surface area contributed by atoms with Gasteiger partial charge in [0.05, 0.1) is 16.6 Å². The summed E-state index contributed by atoms with van der Waals surface area (Å²) in [6.07, 6.45) is 3.81. The van der Waals surface area contributed by atoms with Crippen LogP contribution in [0.25, 0.3) is 0 Å². The van der Waals surface area contributed by atoms with Gasteiger partial charge in [0.15, 0.2) is 5.13 Å². The monoisotopic (exact) mass is 402 g/mol. The van der Waals surface area contributed by atoms with E-state index in [9.17, 15) is 9.59 Å². The molecule has 4 rings (SSSR count). The summed E-state index contributed by atoms with van der Waals surface area (Å²) in [5, 5.41) is 8.23. The average molecular weight is 403 g/mol. The maximum atomic E-state index is 12.6. The van der Waals surface area contributed by atoms with Crippen LogP contribution in [0.1, 0.15) is 42.2 Å². The lowest BCUT2D eigenvalue weighted by Crippen LogP contribution is -2.29. The van der Waals surface area contributed by atoms with Crippen LogP contribution < -0.4 is 10.6 Å². The Hall–Kier alpha value is -1.90. The predicted octanol–water partition coefficient (Wildman–Crippen LogP) is 3.81. The zero-order chi connectivity index (χ0) is 18.8. The molecule has 0 saturated carbocycles. The SMILES string of the molecule is CC1Sc2ccc(C(=O)Nc3nc(CN4CCCCC4)cs3)cc2NC1=O. The number of nitrogens with zero attached hydrogens (tertiary/aromatic N) is 2. The number of piperidine rings is 1. The molecule has 0 aliphatic carbocycles. The van der Waals surface area contributed by atoms with Gasteiger partial charge in [0.25, 0.3) is 5.91 Å². The largest absolute Gasteiger partial charge is 0.324 e. The van der Waals surface area contributed by atoms with Crippen LogP contribution in [0.15, 0.2) is 28.5 Å². The first-order chi connectivity index (χ1) is 13.1. The molecule has 142 valence electrons. The van der Waals surface area contributed by atoms with Gasteiger partial charge >= 0.3 is 0 Å². The number of hydrogen-bond acceptors (Lipinski definition) is 6. The van der Waals surface area contributed by atoms with Crippen molar-refractivity contribution in [3.8, 4) is 0 Å². The molecule has 27 heavy (non-hydrogen) atoms. The van der Waals surface area contributed by atoms with E-state index in [-0.39, 0.29) is 17.1 Å². The second-order valence-corrected chi connectivity index (χ2v) is 9.14. The molecule has 0 bridgehead atoms. The Morgan fingerprint density at radius 3 is 2.96 bits per heavy atom. The smallest absolute Gasteiger partial charge is 0.257 e. The summed E-state index contributed by atoms with van der Waals surface area (Å²) in [4.78, 5) is 32.4. The maximum absolute atomic E-state index is 12.6. The molecular weight excluding hydrogens is 380 g/mol. The van der Waals surface area contributed by atoms with Crippen molar-refractivity contribution < 1.29 is 9.59 Å². The van der Waals surface area contributed by atoms with Gasteiger partial charge in [0.2, 0.25) is 5.91 Å². The topological polar surface area (TPSA) is 74.3 Å². The Morgan fingerprint density at radius 2 is 2.15 bits per heavy atom. The Kier molecular flexibility index (Phi) is 5.47. The molecule has 0 radical (unpaired) electrons. The Balaban J connectivity index is 1.41. The van der Waals surface area contributed by atoms with E-state index in [4.69, 9.17) is 0 Å². The Labute approximate surface area is 166 Å². The quantitative estimate of drug-likeness (QED) is 0.813. The standard InChI is InChI=1S/C19H22N4O2S2/c1-12-17(24)21-15-9-13(5-6-16(15)27-12)18(25)22-19-20-14(11-26-19)10-23-7-3-2-4-8-23/h5-6,9,11-12H,2-4,7-8,10H2,1H3,(H,21,24)(H,20,22,25). The molecule has 1 aromatic carbocycles. The number of carbonyl (C=O) groups is 2. The number of hydrogen-bond donors (Lipinski definition) is 2. The minimum absolute atomic E-state index is 0.0349. The number of thiazole rings is 1. The summed E-state index contributed by atoms with van der Waals surface area (Å²) >= 11 is 2.95. The number of amides is 2. The molecule has 1 fully saturated rings. The fraction of sp³-hybridized carbons (Fsp3) is 0.421. The first kappa shape index (κ1) is 18.5. The zero-order valence-electron chi connectivity index (χ0n) is 15.2. The van der Waals surface area contributed by atoms with E-state index in [0.717, 1.165) is 30.2 Å². The molecule has 2 amide bonds. The van der Waals surface area contributed by atoms with Crippen molar-refractivity contribution in [3.05, 3.63) is 34.8 Å². The average Bonchev–Trinajstić information content (AvgIpc) is 3.10.